The van der Waals surface area contributed by atoms with Crippen molar-refractivity contribution < 1.29 is 19.1 Å². The summed E-state index contributed by atoms with van der Waals surface area (Å²) in [4.78, 5) is 16.3. The van der Waals surface area contributed by atoms with Crippen molar-refractivity contribution in [2.75, 3.05) is 34.8 Å². The molecule has 0 radical (unpaired) electrons. The summed E-state index contributed by atoms with van der Waals surface area (Å²) in [7, 11) is 7.62. The fraction of sp³-hybridized carbons (Fsp3) is 0.471. The molecule has 0 aliphatic heterocycles. The van der Waals surface area contributed by atoms with Gasteiger partial charge in [0.05, 0.1) is 13.2 Å². The summed E-state index contributed by atoms with van der Waals surface area (Å²) in [5.41, 5.74) is 1.66. The fourth-order valence-electron chi connectivity index (χ4n) is 2.59. The molecule has 2 aromatic rings. The Morgan fingerprint density at radius 2 is 1.83 bits per heavy atom. The van der Waals surface area contributed by atoms with Crippen LogP contribution < -0.4 is 0 Å². The van der Waals surface area contributed by atoms with Crippen molar-refractivity contribution >= 4 is 16.9 Å². The average Bonchev–Trinajstić information content (AvgIpc) is 2.79. The van der Waals surface area contributed by atoms with E-state index >= 15 is 0 Å². The minimum absolute atomic E-state index is 0.147. The molecule has 0 amide bonds. The Balaban J connectivity index is 2.72. The van der Waals surface area contributed by atoms with E-state index in [4.69, 9.17) is 9.15 Å². The van der Waals surface area contributed by atoms with Crippen molar-refractivity contribution in [3.8, 4) is 5.75 Å². The molecule has 0 saturated heterocycles. The number of fused-ring (bicyclic) bond motifs is 1. The van der Waals surface area contributed by atoms with E-state index in [0.29, 0.717) is 40.9 Å². The van der Waals surface area contributed by atoms with Crippen LogP contribution in [0.5, 0.6) is 5.75 Å². The molecule has 1 heterocycles. The lowest BCUT2D eigenvalue weighted by atomic mass is 10.0. The van der Waals surface area contributed by atoms with Crippen molar-refractivity contribution in [2.45, 2.75) is 20.0 Å². The number of aromatic hydroxyl groups is 1. The summed E-state index contributed by atoms with van der Waals surface area (Å²) >= 11 is 0. The van der Waals surface area contributed by atoms with Gasteiger partial charge < -0.3 is 24.1 Å². The predicted octanol–water partition coefficient (Wildman–Crippen LogP) is 2.44. The number of ether oxygens (including phenoxy) is 1. The topological polar surface area (TPSA) is 66.1 Å². The molecule has 0 saturated carbocycles. The highest BCUT2D eigenvalue weighted by molar-refractivity contribution is 6.06. The molecule has 0 aliphatic carbocycles. The zero-order valence-electron chi connectivity index (χ0n) is 14.3. The lowest BCUT2D eigenvalue weighted by Crippen LogP contribution is -2.15. The molecule has 1 aromatic carbocycles. The zero-order chi connectivity index (χ0) is 17.1. The van der Waals surface area contributed by atoms with Gasteiger partial charge in [-0.05, 0) is 47.2 Å². The molecule has 23 heavy (non-hydrogen) atoms. The standard InChI is InChI=1S/C17H24N2O4/c1-6-22-17(21)16-14(10-19(4)5)23-13-8-7-12(20)11(15(13)16)9-18(2)3/h7-8,20H,6,9-10H2,1-5H3. The average molecular weight is 320 g/mol. The Morgan fingerprint density at radius 1 is 1.17 bits per heavy atom. The van der Waals surface area contributed by atoms with Gasteiger partial charge in [0.1, 0.15) is 22.7 Å². The summed E-state index contributed by atoms with van der Waals surface area (Å²) in [6.07, 6.45) is 0. The van der Waals surface area contributed by atoms with Gasteiger partial charge in [0.2, 0.25) is 0 Å². The number of hydrogen-bond donors (Lipinski definition) is 1. The molecule has 1 aromatic heterocycles. The van der Waals surface area contributed by atoms with Gasteiger partial charge in [-0.2, -0.15) is 0 Å². The van der Waals surface area contributed by atoms with Gasteiger partial charge >= 0.3 is 5.97 Å². The van der Waals surface area contributed by atoms with E-state index in [1.807, 2.05) is 38.0 Å². The number of carbonyl (C=O) groups is 1. The lowest BCUT2D eigenvalue weighted by Gasteiger charge is -2.13. The number of rotatable bonds is 6. The van der Waals surface area contributed by atoms with Crippen LogP contribution >= 0.6 is 0 Å². The van der Waals surface area contributed by atoms with Gasteiger partial charge in [0.15, 0.2) is 0 Å². The fourth-order valence-corrected chi connectivity index (χ4v) is 2.59. The third-order valence-electron chi connectivity index (χ3n) is 3.43. The Kier molecular flexibility index (Phi) is 5.28. The molecule has 0 fully saturated rings. The van der Waals surface area contributed by atoms with Crippen molar-refractivity contribution in [1.82, 2.24) is 9.80 Å². The maximum atomic E-state index is 12.5. The van der Waals surface area contributed by atoms with Gasteiger partial charge in [-0.3, -0.25) is 0 Å². The number of nitrogens with zero attached hydrogens (tertiary/aromatic N) is 2. The minimum atomic E-state index is -0.422. The van der Waals surface area contributed by atoms with Crippen LogP contribution in [-0.4, -0.2) is 55.7 Å². The van der Waals surface area contributed by atoms with Gasteiger partial charge in [0.25, 0.3) is 0 Å². The number of furan rings is 1. The first kappa shape index (κ1) is 17.3. The van der Waals surface area contributed by atoms with Crippen LogP contribution in [0.1, 0.15) is 28.6 Å². The van der Waals surface area contributed by atoms with Crippen LogP contribution in [0.2, 0.25) is 0 Å². The van der Waals surface area contributed by atoms with Crippen LogP contribution in [-0.2, 0) is 17.8 Å². The van der Waals surface area contributed by atoms with Crippen molar-refractivity contribution in [3.63, 3.8) is 0 Å². The molecule has 0 bridgehead atoms. The number of esters is 1. The second-order valence-corrected chi connectivity index (χ2v) is 6.03. The van der Waals surface area contributed by atoms with Crippen LogP contribution in [0.3, 0.4) is 0 Å². The molecule has 0 atom stereocenters. The number of phenols is 1. The number of hydrogen-bond acceptors (Lipinski definition) is 6. The van der Waals surface area contributed by atoms with E-state index in [2.05, 4.69) is 0 Å². The Bertz CT molecular complexity index is 704. The first-order valence-electron chi connectivity index (χ1n) is 7.57. The highest BCUT2D eigenvalue weighted by Crippen LogP contribution is 2.35. The number of phenolic OH excluding ortho intramolecular Hbond substituents is 1. The molecule has 0 aliphatic rings. The van der Waals surface area contributed by atoms with Crippen LogP contribution in [0.4, 0.5) is 0 Å². The van der Waals surface area contributed by atoms with Crippen molar-refractivity contribution in [2.24, 2.45) is 0 Å². The number of carbonyl (C=O) groups excluding carboxylic acids is 1. The summed E-state index contributed by atoms with van der Waals surface area (Å²) in [6, 6.07) is 3.28. The van der Waals surface area contributed by atoms with Gasteiger partial charge in [-0.15, -0.1) is 0 Å². The van der Waals surface area contributed by atoms with Gasteiger partial charge in [-0.25, -0.2) is 4.79 Å². The van der Waals surface area contributed by atoms with E-state index in [0.717, 1.165) is 0 Å². The Labute approximate surface area is 136 Å². The highest BCUT2D eigenvalue weighted by atomic mass is 16.5. The molecule has 6 nitrogen and oxygen atoms in total. The van der Waals surface area contributed by atoms with E-state index < -0.39 is 5.97 Å². The second-order valence-electron chi connectivity index (χ2n) is 6.03. The van der Waals surface area contributed by atoms with Crippen molar-refractivity contribution in [1.29, 1.82) is 0 Å². The molecule has 6 heteroatoms. The predicted molar refractivity (Wildman–Crippen MR) is 88.6 cm³/mol. The SMILES string of the molecule is CCOC(=O)c1c(CN(C)C)oc2ccc(O)c(CN(C)C)c12. The molecule has 2 rings (SSSR count). The third kappa shape index (κ3) is 3.65. The Morgan fingerprint density at radius 3 is 2.39 bits per heavy atom. The van der Waals surface area contributed by atoms with Crippen LogP contribution in [0, 0.1) is 0 Å². The molecular weight excluding hydrogens is 296 g/mol. The third-order valence-corrected chi connectivity index (χ3v) is 3.43. The monoisotopic (exact) mass is 320 g/mol. The summed E-state index contributed by atoms with van der Waals surface area (Å²) in [5, 5.41) is 10.9. The highest BCUT2D eigenvalue weighted by Gasteiger charge is 2.26. The maximum absolute atomic E-state index is 12.5. The minimum Gasteiger partial charge on any atom is -0.508 e. The van der Waals surface area contributed by atoms with E-state index in [9.17, 15) is 9.90 Å². The zero-order valence-corrected chi connectivity index (χ0v) is 14.3. The van der Waals surface area contributed by atoms with E-state index in [-0.39, 0.29) is 12.4 Å². The normalized spacial score (nSPS) is 11.6. The van der Waals surface area contributed by atoms with Crippen LogP contribution in [0.15, 0.2) is 16.5 Å². The lowest BCUT2D eigenvalue weighted by molar-refractivity contribution is 0.0524. The quantitative estimate of drug-likeness (QED) is 0.825. The van der Waals surface area contributed by atoms with Gasteiger partial charge in [0, 0.05) is 17.5 Å². The summed E-state index contributed by atoms with van der Waals surface area (Å²) < 4.78 is 11.1. The Hall–Kier alpha value is -2.05. The largest absolute Gasteiger partial charge is 0.508 e. The summed E-state index contributed by atoms with van der Waals surface area (Å²) in [5.74, 6) is 0.275. The smallest absolute Gasteiger partial charge is 0.342 e. The number of benzene rings is 1. The van der Waals surface area contributed by atoms with E-state index in [1.165, 1.54) is 0 Å². The van der Waals surface area contributed by atoms with Gasteiger partial charge in [-0.1, -0.05) is 0 Å². The van der Waals surface area contributed by atoms with Crippen molar-refractivity contribution in [3.05, 3.63) is 29.0 Å². The molecular formula is C17H24N2O4. The van der Waals surface area contributed by atoms with E-state index in [1.54, 1.807) is 19.1 Å². The first-order valence-corrected chi connectivity index (χ1v) is 7.57. The van der Waals surface area contributed by atoms with Crippen LogP contribution in [0.25, 0.3) is 11.0 Å². The molecule has 1 N–H and O–H groups in total. The second kappa shape index (κ2) is 7.02. The maximum Gasteiger partial charge on any atom is 0.342 e. The summed E-state index contributed by atoms with van der Waals surface area (Å²) in [6.45, 7) is 3.03. The molecule has 0 spiro atoms. The molecule has 126 valence electrons. The molecule has 0 unspecified atom stereocenters. The first-order chi connectivity index (χ1) is 10.8.